The zero-order chi connectivity index (χ0) is 10.1. The molecule has 3 heteroatoms. The first kappa shape index (κ1) is 9.21. The van der Waals surface area contributed by atoms with E-state index in [1.807, 2.05) is 13.0 Å². The van der Waals surface area contributed by atoms with Crippen LogP contribution in [0.5, 0.6) is 0 Å². The van der Waals surface area contributed by atoms with Crippen molar-refractivity contribution in [3.63, 3.8) is 0 Å². The van der Waals surface area contributed by atoms with Crippen LogP contribution in [0.25, 0.3) is 0 Å². The van der Waals surface area contributed by atoms with Gasteiger partial charge < -0.3 is 10.4 Å². The van der Waals surface area contributed by atoms with E-state index in [1.54, 1.807) is 12.1 Å². The monoisotopic (exact) mass is 191 g/mol. The lowest BCUT2D eigenvalue weighted by atomic mass is 9.92. The highest BCUT2D eigenvalue weighted by molar-refractivity contribution is 5.87. The molecule has 1 unspecified atom stereocenters. The van der Waals surface area contributed by atoms with Crippen molar-refractivity contribution in [3.8, 4) is 0 Å². The third-order valence-electron chi connectivity index (χ3n) is 2.73. The Hall–Kier alpha value is -1.35. The second-order valence-electron chi connectivity index (χ2n) is 3.67. The number of rotatable bonds is 2. The molecule has 2 rings (SSSR count). The fourth-order valence-electron chi connectivity index (χ4n) is 1.70. The van der Waals surface area contributed by atoms with Crippen LogP contribution in [0.15, 0.2) is 18.2 Å². The summed E-state index contributed by atoms with van der Waals surface area (Å²) in [5.74, 6) is -0.856. The molecule has 2 N–H and O–H groups in total. The first-order chi connectivity index (χ1) is 6.68. The minimum atomic E-state index is -0.856. The van der Waals surface area contributed by atoms with Crippen molar-refractivity contribution in [1.82, 2.24) is 5.32 Å². The molecule has 0 bridgehead atoms. The molecule has 0 aromatic heterocycles. The molecule has 1 atom stereocenters. The van der Waals surface area contributed by atoms with Crippen LogP contribution in [0.1, 0.15) is 33.9 Å². The van der Waals surface area contributed by atoms with Crippen LogP contribution in [0.2, 0.25) is 0 Å². The highest BCUT2D eigenvalue weighted by Crippen LogP contribution is 2.26. The van der Waals surface area contributed by atoms with E-state index in [0.717, 1.165) is 24.1 Å². The van der Waals surface area contributed by atoms with Gasteiger partial charge in [0.1, 0.15) is 0 Å². The predicted molar refractivity (Wildman–Crippen MR) is 53.5 cm³/mol. The fraction of sp³-hybridized carbons (Fsp3) is 0.364. The minimum absolute atomic E-state index is 0.356. The highest BCUT2D eigenvalue weighted by Gasteiger charge is 2.21. The normalized spacial score (nSPS) is 20.2. The van der Waals surface area contributed by atoms with Crippen LogP contribution in [-0.4, -0.2) is 17.6 Å². The lowest BCUT2D eigenvalue weighted by Gasteiger charge is -2.29. The quantitative estimate of drug-likeness (QED) is 0.748. The largest absolute Gasteiger partial charge is 0.478 e. The molecule has 3 nitrogen and oxygen atoms in total. The number of hydrogen-bond acceptors (Lipinski definition) is 2. The Bertz CT molecular complexity index is 370. The van der Waals surface area contributed by atoms with Crippen LogP contribution in [0.3, 0.4) is 0 Å². The van der Waals surface area contributed by atoms with E-state index in [9.17, 15) is 4.79 Å². The lowest BCUT2D eigenvalue weighted by Crippen LogP contribution is -2.35. The summed E-state index contributed by atoms with van der Waals surface area (Å²) in [6.45, 7) is 3.04. The molecular weight excluding hydrogens is 178 g/mol. The highest BCUT2D eigenvalue weighted by atomic mass is 16.4. The Labute approximate surface area is 82.8 Å². The zero-order valence-electron chi connectivity index (χ0n) is 8.08. The molecule has 1 fully saturated rings. The maximum absolute atomic E-state index is 10.8. The molecular formula is C11H13NO2. The smallest absolute Gasteiger partial charge is 0.335 e. The van der Waals surface area contributed by atoms with Crippen molar-refractivity contribution in [2.24, 2.45) is 0 Å². The predicted octanol–water partition coefficient (Wildman–Crippen LogP) is 1.73. The van der Waals surface area contributed by atoms with Gasteiger partial charge in [-0.15, -0.1) is 0 Å². The molecule has 1 aliphatic rings. The topological polar surface area (TPSA) is 49.3 Å². The SMILES string of the molecule is Cc1ccc(C(=O)O)cc1C1CCN1. The summed E-state index contributed by atoms with van der Waals surface area (Å²) in [6, 6.07) is 5.65. The molecule has 1 aromatic carbocycles. The molecule has 1 heterocycles. The van der Waals surface area contributed by atoms with E-state index < -0.39 is 5.97 Å². The van der Waals surface area contributed by atoms with E-state index >= 15 is 0 Å². The first-order valence-electron chi connectivity index (χ1n) is 4.75. The van der Waals surface area contributed by atoms with E-state index in [1.165, 1.54) is 0 Å². The summed E-state index contributed by atoms with van der Waals surface area (Å²) < 4.78 is 0. The van der Waals surface area contributed by atoms with Crippen LogP contribution < -0.4 is 5.32 Å². The molecule has 74 valence electrons. The third kappa shape index (κ3) is 1.51. The van der Waals surface area contributed by atoms with Gasteiger partial charge in [-0.1, -0.05) is 6.07 Å². The van der Waals surface area contributed by atoms with Crippen molar-refractivity contribution < 1.29 is 9.90 Å². The number of carboxylic acid groups (broad SMARTS) is 1. The number of benzene rings is 1. The Balaban J connectivity index is 2.36. The van der Waals surface area contributed by atoms with Gasteiger partial charge in [-0.3, -0.25) is 0 Å². The molecule has 14 heavy (non-hydrogen) atoms. The number of carboxylic acids is 1. The Morgan fingerprint density at radius 2 is 2.29 bits per heavy atom. The average Bonchev–Trinajstić information content (AvgIpc) is 2.05. The molecule has 0 radical (unpaired) electrons. The Morgan fingerprint density at radius 1 is 1.57 bits per heavy atom. The van der Waals surface area contributed by atoms with Crippen LogP contribution in [0.4, 0.5) is 0 Å². The van der Waals surface area contributed by atoms with Gasteiger partial charge >= 0.3 is 5.97 Å². The summed E-state index contributed by atoms with van der Waals surface area (Å²) in [4.78, 5) is 10.8. The van der Waals surface area contributed by atoms with E-state index in [4.69, 9.17) is 5.11 Å². The zero-order valence-corrected chi connectivity index (χ0v) is 8.08. The van der Waals surface area contributed by atoms with Crippen LogP contribution in [0, 0.1) is 6.92 Å². The summed E-state index contributed by atoms with van der Waals surface area (Å²) >= 11 is 0. The van der Waals surface area contributed by atoms with Crippen molar-refractivity contribution in [2.45, 2.75) is 19.4 Å². The third-order valence-corrected chi connectivity index (χ3v) is 2.73. The van der Waals surface area contributed by atoms with Crippen LogP contribution >= 0.6 is 0 Å². The fourth-order valence-corrected chi connectivity index (χ4v) is 1.70. The van der Waals surface area contributed by atoms with Gasteiger partial charge in [-0.25, -0.2) is 4.79 Å². The summed E-state index contributed by atoms with van der Waals surface area (Å²) in [5.41, 5.74) is 2.66. The number of hydrogen-bond donors (Lipinski definition) is 2. The van der Waals surface area contributed by atoms with Crippen molar-refractivity contribution >= 4 is 5.97 Å². The van der Waals surface area contributed by atoms with Gasteiger partial charge in [0, 0.05) is 6.04 Å². The number of aromatic carboxylic acids is 1. The van der Waals surface area contributed by atoms with Gasteiger partial charge in [-0.2, -0.15) is 0 Å². The molecule has 1 aromatic rings. The Kier molecular flexibility index (Phi) is 2.25. The van der Waals surface area contributed by atoms with Gasteiger partial charge in [0.25, 0.3) is 0 Å². The van der Waals surface area contributed by atoms with Crippen molar-refractivity contribution in [2.75, 3.05) is 6.54 Å². The standard InChI is InChI=1S/C11H13NO2/c1-7-2-3-8(11(13)14)6-9(7)10-4-5-12-10/h2-3,6,10,12H,4-5H2,1H3,(H,13,14). The van der Waals surface area contributed by atoms with E-state index in [0.29, 0.717) is 11.6 Å². The average molecular weight is 191 g/mol. The summed E-state index contributed by atoms with van der Waals surface area (Å²) in [5, 5.41) is 12.1. The molecule has 1 aliphatic heterocycles. The second kappa shape index (κ2) is 3.42. The van der Waals surface area contributed by atoms with E-state index in [2.05, 4.69) is 5.32 Å². The van der Waals surface area contributed by atoms with Crippen LogP contribution in [-0.2, 0) is 0 Å². The number of aryl methyl sites for hydroxylation is 1. The molecule has 0 saturated carbocycles. The minimum Gasteiger partial charge on any atom is -0.478 e. The number of nitrogens with one attached hydrogen (secondary N) is 1. The maximum atomic E-state index is 10.8. The Morgan fingerprint density at radius 3 is 2.79 bits per heavy atom. The molecule has 0 aliphatic carbocycles. The van der Waals surface area contributed by atoms with Gasteiger partial charge in [0.15, 0.2) is 0 Å². The van der Waals surface area contributed by atoms with Gasteiger partial charge in [0.2, 0.25) is 0 Å². The lowest BCUT2D eigenvalue weighted by molar-refractivity contribution is 0.0696. The second-order valence-corrected chi connectivity index (χ2v) is 3.67. The number of carbonyl (C=O) groups is 1. The van der Waals surface area contributed by atoms with Gasteiger partial charge in [-0.05, 0) is 43.1 Å². The van der Waals surface area contributed by atoms with Crippen molar-refractivity contribution in [3.05, 3.63) is 34.9 Å². The first-order valence-corrected chi connectivity index (χ1v) is 4.75. The van der Waals surface area contributed by atoms with Gasteiger partial charge in [0.05, 0.1) is 5.56 Å². The maximum Gasteiger partial charge on any atom is 0.335 e. The summed E-state index contributed by atoms with van der Waals surface area (Å²) in [7, 11) is 0. The van der Waals surface area contributed by atoms with E-state index in [-0.39, 0.29) is 0 Å². The summed E-state index contributed by atoms with van der Waals surface area (Å²) in [6.07, 6.45) is 1.10. The van der Waals surface area contributed by atoms with Crippen molar-refractivity contribution in [1.29, 1.82) is 0 Å². The molecule has 0 spiro atoms. The molecule has 0 amide bonds. The molecule has 1 saturated heterocycles.